The fourth-order valence-electron chi connectivity index (χ4n) is 3.00. The molecule has 24 heavy (non-hydrogen) atoms. The smallest absolute Gasteiger partial charge is 0.208 e. The van der Waals surface area contributed by atoms with E-state index in [9.17, 15) is 8.42 Å². The van der Waals surface area contributed by atoms with Gasteiger partial charge in [0.2, 0.25) is 9.84 Å². The first-order valence-electron chi connectivity index (χ1n) is 7.42. The van der Waals surface area contributed by atoms with Crippen molar-refractivity contribution in [1.29, 1.82) is 0 Å². The van der Waals surface area contributed by atoms with Gasteiger partial charge in [-0.2, -0.15) is 0 Å². The van der Waals surface area contributed by atoms with E-state index in [0.29, 0.717) is 12.1 Å². The lowest BCUT2D eigenvalue weighted by Crippen LogP contribution is -2.22. The topological polar surface area (TPSA) is 59.3 Å². The van der Waals surface area contributed by atoms with E-state index < -0.39 is 9.84 Å². The number of hydrogen-bond acceptors (Lipinski definition) is 4. The van der Waals surface area contributed by atoms with Crippen molar-refractivity contribution in [2.24, 2.45) is 0 Å². The quantitative estimate of drug-likeness (QED) is 0.721. The molecule has 0 aliphatic carbocycles. The Hall–Kier alpha value is -1.53. The lowest BCUT2D eigenvalue weighted by molar-refractivity contribution is 0.488. The standard InChI is InChI=1S/C17H13Cl2NO3S/c18-13-2-1-3-16(17(13)19)24(21,22)10-4-5-14-12(8-10)11-6-7-20-9-15(11)23-14/h1-5,8,20H,6-7,9H2. The van der Waals surface area contributed by atoms with E-state index in [-0.39, 0.29) is 19.8 Å². The first-order valence-corrected chi connectivity index (χ1v) is 9.66. The molecule has 1 N–H and O–H groups in total. The van der Waals surface area contributed by atoms with Crippen LogP contribution in [0.4, 0.5) is 0 Å². The Kier molecular flexibility index (Phi) is 3.84. The SMILES string of the molecule is O=S(=O)(c1ccc2oc3c(c2c1)CCNC3)c1cccc(Cl)c1Cl. The van der Waals surface area contributed by atoms with Crippen LogP contribution < -0.4 is 5.32 Å². The van der Waals surface area contributed by atoms with Crippen LogP contribution in [0.1, 0.15) is 11.3 Å². The monoisotopic (exact) mass is 381 g/mol. The normalized spacial score (nSPS) is 14.8. The highest BCUT2D eigenvalue weighted by molar-refractivity contribution is 7.91. The van der Waals surface area contributed by atoms with Crippen LogP contribution in [-0.2, 0) is 22.8 Å². The average molecular weight is 382 g/mol. The molecule has 0 amide bonds. The zero-order valence-corrected chi connectivity index (χ0v) is 14.8. The summed E-state index contributed by atoms with van der Waals surface area (Å²) >= 11 is 12.1. The van der Waals surface area contributed by atoms with Gasteiger partial charge in [-0.3, -0.25) is 0 Å². The molecule has 0 radical (unpaired) electrons. The molecule has 0 bridgehead atoms. The van der Waals surface area contributed by atoms with Crippen molar-refractivity contribution in [2.45, 2.75) is 22.8 Å². The Morgan fingerprint density at radius 2 is 1.96 bits per heavy atom. The summed E-state index contributed by atoms with van der Waals surface area (Å²) in [4.78, 5) is 0.191. The third kappa shape index (κ3) is 2.43. The summed E-state index contributed by atoms with van der Waals surface area (Å²) in [6, 6.07) is 9.49. The second-order valence-electron chi connectivity index (χ2n) is 5.64. The van der Waals surface area contributed by atoms with Crippen LogP contribution in [0.3, 0.4) is 0 Å². The van der Waals surface area contributed by atoms with E-state index in [0.717, 1.165) is 29.7 Å². The lowest BCUT2D eigenvalue weighted by atomic mass is 10.1. The minimum atomic E-state index is -3.76. The molecule has 7 heteroatoms. The summed E-state index contributed by atoms with van der Waals surface area (Å²) in [7, 11) is -3.76. The minimum Gasteiger partial charge on any atom is -0.459 e. The number of nitrogens with one attached hydrogen (secondary N) is 1. The number of sulfone groups is 1. The Morgan fingerprint density at radius 1 is 1.12 bits per heavy atom. The first-order chi connectivity index (χ1) is 11.5. The van der Waals surface area contributed by atoms with Crippen LogP contribution in [0.2, 0.25) is 10.0 Å². The highest BCUT2D eigenvalue weighted by Crippen LogP contribution is 2.35. The Balaban J connectivity index is 1.91. The second kappa shape index (κ2) is 5.77. The largest absolute Gasteiger partial charge is 0.459 e. The van der Waals surface area contributed by atoms with E-state index in [2.05, 4.69) is 5.32 Å². The third-order valence-electron chi connectivity index (χ3n) is 4.20. The van der Waals surface area contributed by atoms with Gasteiger partial charge >= 0.3 is 0 Å². The van der Waals surface area contributed by atoms with Crippen molar-refractivity contribution in [3.63, 3.8) is 0 Å². The summed E-state index contributed by atoms with van der Waals surface area (Å²) in [5, 5.41) is 4.33. The van der Waals surface area contributed by atoms with Crippen LogP contribution in [0, 0.1) is 0 Å². The number of halogens is 2. The maximum absolute atomic E-state index is 13.0. The predicted octanol–water partition coefficient (Wildman–Crippen LogP) is 4.22. The number of benzene rings is 2. The van der Waals surface area contributed by atoms with Crippen molar-refractivity contribution in [3.8, 4) is 0 Å². The molecule has 1 aliphatic rings. The molecule has 0 spiro atoms. The molecule has 1 aliphatic heterocycles. The van der Waals surface area contributed by atoms with Crippen molar-refractivity contribution >= 4 is 44.0 Å². The number of hydrogen-bond donors (Lipinski definition) is 1. The molecule has 2 aromatic carbocycles. The van der Waals surface area contributed by atoms with Gasteiger partial charge in [-0.25, -0.2) is 8.42 Å². The van der Waals surface area contributed by atoms with E-state index in [1.165, 1.54) is 12.1 Å². The van der Waals surface area contributed by atoms with Crippen molar-refractivity contribution < 1.29 is 12.8 Å². The Morgan fingerprint density at radius 3 is 2.79 bits per heavy atom. The van der Waals surface area contributed by atoms with Crippen LogP contribution >= 0.6 is 23.2 Å². The predicted molar refractivity (Wildman–Crippen MR) is 93.5 cm³/mol. The molecule has 0 atom stereocenters. The third-order valence-corrected chi connectivity index (χ3v) is 6.92. The van der Waals surface area contributed by atoms with Gasteiger partial charge in [-0.05, 0) is 43.3 Å². The van der Waals surface area contributed by atoms with Gasteiger partial charge in [0.1, 0.15) is 11.3 Å². The average Bonchev–Trinajstić information content (AvgIpc) is 2.95. The molecule has 124 valence electrons. The molecule has 0 unspecified atom stereocenters. The maximum Gasteiger partial charge on any atom is 0.208 e. The van der Waals surface area contributed by atoms with E-state index >= 15 is 0 Å². The molecular formula is C17H13Cl2NO3S. The number of furan rings is 1. The fraction of sp³-hybridized carbons (Fsp3) is 0.176. The van der Waals surface area contributed by atoms with Crippen molar-refractivity contribution in [2.75, 3.05) is 6.54 Å². The van der Waals surface area contributed by atoms with E-state index in [4.69, 9.17) is 27.6 Å². The van der Waals surface area contributed by atoms with E-state index in [1.807, 2.05) is 0 Å². The molecule has 1 aromatic heterocycles. The summed E-state index contributed by atoms with van der Waals surface area (Å²) in [6.45, 7) is 1.50. The van der Waals surface area contributed by atoms with Gasteiger partial charge in [0.25, 0.3) is 0 Å². The second-order valence-corrected chi connectivity index (χ2v) is 8.35. The van der Waals surface area contributed by atoms with Crippen LogP contribution in [0.25, 0.3) is 11.0 Å². The zero-order valence-electron chi connectivity index (χ0n) is 12.5. The van der Waals surface area contributed by atoms with Gasteiger partial charge in [0, 0.05) is 10.9 Å². The molecule has 0 saturated carbocycles. The van der Waals surface area contributed by atoms with Gasteiger partial charge in [0.15, 0.2) is 0 Å². The van der Waals surface area contributed by atoms with Crippen LogP contribution in [0.5, 0.6) is 0 Å². The lowest BCUT2D eigenvalue weighted by Gasteiger charge is -2.11. The molecule has 2 heterocycles. The Labute approximate surface area is 149 Å². The summed E-state index contributed by atoms with van der Waals surface area (Å²) in [5.41, 5.74) is 1.76. The van der Waals surface area contributed by atoms with E-state index in [1.54, 1.807) is 24.3 Å². The highest BCUT2D eigenvalue weighted by atomic mass is 35.5. The van der Waals surface area contributed by atoms with Crippen molar-refractivity contribution in [3.05, 3.63) is 57.8 Å². The summed E-state index contributed by atoms with van der Waals surface area (Å²) in [5.74, 6) is 0.867. The van der Waals surface area contributed by atoms with Gasteiger partial charge < -0.3 is 9.73 Å². The van der Waals surface area contributed by atoms with Crippen LogP contribution in [-0.4, -0.2) is 15.0 Å². The van der Waals surface area contributed by atoms with Gasteiger partial charge in [-0.15, -0.1) is 0 Å². The Bertz CT molecular complexity index is 1060. The number of fused-ring (bicyclic) bond motifs is 3. The highest BCUT2D eigenvalue weighted by Gasteiger charge is 2.24. The first kappa shape index (κ1) is 16.0. The van der Waals surface area contributed by atoms with Gasteiger partial charge in [-0.1, -0.05) is 29.3 Å². The molecule has 3 aromatic rings. The fourth-order valence-corrected chi connectivity index (χ4v) is 5.04. The summed E-state index contributed by atoms with van der Waals surface area (Å²) in [6.07, 6.45) is 0.809. The zero-order chi connectivity index (χ0) is 16.9. The molecule has 0 fully saturated rings. The molecular weight excluding hydrogens is 369 g/mol. The van der Waals surface area contributed by atoms with Crippen molar-refractivity contribution in [1.82, 2.24) is 5.32 Å². The molecule has 4 nitrogen and oxygen atoms in total. The minimum absolute atomic E-state index is 0.00930. The number of rotatable bonds is 2. The molecule has 4 rings (SSSR count). The van der Waals surface area contributed by atoms with Gasteiger partial charge in [0.05, 0.1) is 26.4 Å². The molecule has 0 saturated heterocycles. The summed E-state index contributed by atoms with van der Waals surface area (Å²) < 4.78 is 31.7. The van der Waals surface area contributed by atoms with Crippen LogP contribution in [0.15, 0.2) is 50.6 Å². The maximum atomic E-state index is 13.0.